The standard InChI is InChI=1S/C19H18Cl2O3/c1-4-12(15-8-6-14(23-2)11-19(15)24-3)9-18(22)16-7-5-13(20)10-17(16)21/h4-8,10-12H,1,9H2,2-3H3. The van der Waals surface area contributed by atoms with E-state index in [0.29, 0.717) is 27.1 Å². The van der Waals surface area contributed by atoms with Crippen molar-refractivity contribution in [3.8, 4) is 11.5 Å². The third-order valence-electron chi connectivity index (χ3n) is 3.76. The number of ether oxygens (including phenoxy) is 2. The van der Waals surface area contributed by atoms with Gasteiger partial charge in [0.25, 0.3) is 0 Å². The number of ketones is 1. The minimum atomic E-state index is -0.204. The first-order chi connectivity index (χ1) is 11.5. The fourth-order valence-electron chi connectivity index (χ4n) is 2.47. The molecule has 3 nitrogen and oxygen atoms in total. The van der Waals surface area contributed by atoms with Crippen LogP contribution in [-0.2, 0) is 0 Å². The summed E-state index contributed by atoms with van der Waals surface area (Å²) in [6.07, 6.45) is 1.96. The second-order valence-corrected chi connectivity index (χ2v) is 6.05. The van der Waals surface area contributed by atoms with Crippen molar-refractivity contribution in [2.45, 2.75) is 12.3 Å². The van der Waals surface area contributed by atoms with E-state index in [1.165, 1.54) is 0 Å². The van der Waals surface area contributed by atoms with E-state index in [-0.39, 0.29) is 18.1 Å². The highest BCUT2D eigenvalue weighted by Gasteiger charge is 2.20. The third kappa shape index (κ3) is 4.11. The Hall–Kier alpha value is -1.97. The van der Waals surface area contributed by atoms with Gasteiger partial charge in [0.15, 0.2) is 5.78 Å². The van der Waals surface area contributed by atoms with E-state index in [9.17, 15) is 4.79 Å². The number of hydrogen-bond acceptors (Lipinski definition) is 3. The first kappa shape index (κ1) is 18.4. The van der Waals surface area contributed by atoms with Crippen LogP contribution in [0.3, 0.4) is 0 Å². The van der Waals surface area contributed by atoms with Gasteiger partial charge in [-0.25, -0.2) is 0 Å². The van der Waals surface area contributed by atoms with Crippen molar-refractivity contribution < 1.29 is 14.3 Å². The molecule has 2 rings (SSSR count). The van der Waals surface area contributed by atoms with Crippen LogP contribution < -0.4 is 9.47 Å². The Balaban J connectivity index is 2.29. The Bertz CT molecular complexity index is 756. The molecule has 0 heterocycles. The number of hydrogen-bond donors (Lipinski definition) is 0. The van der Waals surface area contributed by atoms with Gasteiger partial charge in [0.2, 0.25) is 0 Å². The van der Waals surface area contributed by atoms with Crippen molar-refractivity contribution in [2.24, 2.45) is 0 Å². The molecular weight excluding hydrogens is 347 g/mol. The molecule has 1 atom stereocenters. The van der Waals surface area contributed by atoms with Gasteiger partial charge in [0.1, 0.15) is 11.5 Å². The SMILES string of the molecule is C=CC(CC(=O)c1ccc(Cl)cc1Cl)c1ccc(OC)cc1OC. The van der Waals surface area contributed by atoms with Crippen LogP contribution in [0.25, 0.3) is 0 Å². The van der Waals surface area contributed by atoms with Crippen molar-refractivity contribution in [3.63, 3.8) is 0 Å². The summed E-state index contributed by atoms with van der Waals surface area (Å²) in [5, 5.41) is 0.839. The molecule has 5 heteroatoms. The number of allylic oxidation sites excluding steroid dienone is 1. The van der Waals surface area contributed by atoms with E-state index < -0.39 is 0 Å². The summed E-state index contributed by atoms with van der Waals surface area (Å²) in [6, 6.07) is 10.3. The van der Waals surface area contributed by atoms with Gasteiger partial charge in [0, 0.05) is 34.6 Å². The molecule has 0 fully saturated rings. The van der Waals surface area contributed by atoms with E-state index in [1.54, 1.807) is 44.6 Å². The summed E-state index contributed by atoms with van der Waals surface area (Å²) in [7, 11) is 3.17. The van der Waals surface area contributed by atoms with Crippen molar-refractivity contribution in [1.29, 1.82) is 0 Å². The first-order valence-corrected chi connectivity index (χ1v) is 8.08. The Kier molecular flexibility index (Phi) is 6.29. The molecule has 0 aliphatic heterocycles. The molecule has 0 radical (unpaired) electrons. The normalized spacial score (nSPS) is 11.7. The largest absolute Gasteiger partial charge is 0.497 e. The van der Waals surface area contributed by atoms with Gasteiger partial charge < -0.3 is 9.47 Å². The summed E-state index contributed by atoms with van der Waals surface area (Å²) in [5.74, 6) is 1.05. The zero-order valence-electron chi connectivity index (χ0n) is 13.5. The van der Waals surface area contributed by atoms with Crippen LogP contribution in [0.4, 0.5) is 0 Å². The summed E-state index contributed by atoms with van der Waals surface area (Å²) in [6.45, 7) is 3.85. The zero-order valence-corrected chi connectivity index (χ0v) is 15.0. The van der Waals surface area contributed by atoms with E-state index in [2.05, 4.69) is 6.58 Å². The van der Waals surface area contributed by atoms with Crippen LogP contribution in [0.5, 0.6) is 11.5 Å². The van der Waals surface area contributed by atoms with Crippen molar-refractivity contribution in [2.75, 3.05) is 14.2 Å². The second-order valence-electron chi connectivity index (χ2n) is 5.20. The molecule has 0 aromatic heterocycles. The predicted octanol–water partition coefficient (Wildman–Crippen LogP) is 5.55. The van der Waals surface area contributed by atoms with Gasteiger partial charge in [-0.3, -0.25) is 4.79 Å². The van der Waals surface area contributed by atoms with E-state index >= 15 is 0 Å². The summed E-state index contributed by atoms with van der Waals surface area (Å²) in [5.41, 5.74) is 1.31. The van der Waals surface area contributed by atoms with Crippen LogP contribution in [0.2, 0.25) is 10.0 Å². The number of rotatable bonds is 7. The van der Waals surface area contributed by atoms with E-state index in [4.69, 9.17) is 32.7 Å². The van der Waals surface area contributed by atoms with Gasteiger partial charge in [0.05, 0.1) is 19.2 Å². The molecule has 0 amide bonds. The zero-order chi connectivity index (χ0) is 17.7. The number of benzene rings is 2. The average Bonchev–Trinajstić information content (AvgIpc) is 2.58. The molecular formula is C19H18Cl2O3. The Labute approximate surface area is 151 Å². The maximum Gasteiger partial charge on any atom is 0.165 e. The minimum absolute atomic E-state index is 0.0839. The number of methoxy groups -OCH3 is 2. The molecule has 126 valence electrons. The van der Waals surface area contributed by atoms with Gasteiger partial charge in [-0.15, -0.1) is 6.58 Å². The monoisotopic (exact) mass is 364 g/mol. The summed E-state index contributed by atoms with van der Waals surface area (Å²) < 4.78 is 10.6. The Morgan fingerprint density at radius 2 is 1.92 bits per heavy atom. The Morgan fingerprint density at radius 3 is 2.50 bits per heavy atom. The van der Waals surface area contributed by atoms with Crippen molar-refractivity contribution in [3.05, 3.63) is 70.2 Å². The molecule has 2 aromatic carbocycles. The lowest BCUT2D eigenvalue weighted by Crippen LogP contribution is -2.08. The molecule has 0 N–H and O–H groups in total. The average molecular weight is 365 g/mol. The number of carbonyl (C=O) groups is 1. The molecule has 0 spiro atoms. The number of carbonyl (C=O) groups excluding carboxylic acids is 1. The lowest BCUT2D eigenvalue weighted by molar-refractivity contribution is 0.0978. The highest BCUT2D eigenvalue weighted by atomic mass is 35.5. The first-order valence-electron chi connectivity index (χ1n) is 7.32. The smallest absolute Gasteiger partial charge is 0.165 e. The van der Waals surface area contributed by atoms with Crippen LogP contribution in [0.15, 0.2) is 49.1 Å². The van der Waals surface area contributed by atoms with Crippen LogP contribution >= 0.6 is 23.2 Å². The molecule has 24 heavy (non-hydrogen) atoms. The molecule has 2 aromatic rings. The van der Waals surface area contributed by atoms with E-state index in [0.717, 1.165) is 5.56 Å². The molecule has 0 bridgehead atoms. The minimum Gasteiger partial charge on any atom is -0.497 e. The third-order valence-corrected chi connectivity index (χ3v) is 4.31. The molecule has 0 aliphatic rings. The van der Waals surface area contributed by atoms with Crippen LogP contribution in [-0.4, -0.2) is 20.0 Å². The van der Waals surface area contributed by atoms with Gasteiger partial charge in [-0.2, -0.15) is 0 Å². The number of halogens is 2. The van der Waals surface area contributed by atoms with Gasteiger partial charge in [-0.05, 0) is 24.3 Å². The lowest BCUT2D eigenvalue weighted by atomic mass is 9.91. The highest BCUT2D eigenvalue weighted by molar-refractivity contribution is 6.36. The summed E-state index contributed by atoms with van der Waals surface area (Å²) in [4.78, 5) is 12.6. The molecule has 0 aliphatic carbocycles. The molecule has 1 unspecified atom stereocenters. The Morgan fingerprint density at radius 1 is 1.17 bits per heavy atom. The second kappa shape index (κ2) is 8.22. The number of Topliss-reactive ketones (excluding diaryl/α,β-unsaturated/α-hetero) is 1. The highest BCUT2D eigenvalue weighted by Crippen LogP contribution is 2.34. The van der Waals surface area contributed by atoms with E-state index in [1.807, 2.05) is 12.1 Å². The predicted molar refractivity (Wildman–Crippen MR) is 97.9 cm³/mol. The fourth-order valence-corrected chi connectivity index (χ4v) is 2.98. The topological polar surface area (TPSA) is 35.5 Å². The van der Waals surface area contributed by atoms with Crippen molar-refractivity contribution >= 4 is 29.0 Å². The van der Waals surface area contributed by atoms with Crippen LogP contribution in [0.1, 0.15) is 28.3 Å². The summed E-state index contributed by atoms with van der Waals surface area (Å²) >= 11 is 12.0. The molecule has 0 saturated heterocycles. The van der Waals surface area contributed by atoms with Gasteiger partial charge >= 0.3 is 0 Å². The van der Waals surface area contributed by atoms with Gasteiger partial charge in [-0.1, -0.05) is 35.3 Å². The lowest BCUT2D eigenvalue weighted by Gasteiger charge is -2.17. The maximum absolute atomic E-state index is 12.6. The quantitative estimate of drug-likeness (QED) is 0.476. The maximum atomic E-state index is 12.6. The van der Waals surface area contributed by atoms with Crippen LogP contribution in [0, 0.1) is 0 Å². The van der Waals surface area contributed by atoms with Crippen molar-refractivity contribution in [1.82, 2.24) is 0 Å². The fraction of sp³-hybridized carbons (Fsp3) is 0.211. The molecule has 0 saturated carbocycles.